The second-order valence-corrected chi connectivity index (χ2v) is 9.60. The van der Waals surface area contributed by atoms with Crippen LogP contribution in [0.15, 0.2) is 41.8 Å². The van der Waals surface area contributed by atoms with Crippen molar-refractivity contribution < 1.29 is 4.39 Å². The molecule has 7 nitrogen and oxygen atoms in total. The van der Waals surface area contributed by atoms with Gasteiger partial charge in [-0.15, -0.1) is 0 Å². The van der Waals surface area contributed by atoms with Crippen LogP contribution in [0.25, 0.3) is 21.9 Å². The predicted octanol–water partition coefficient (Wildman–Crippen LogP) is 3.91. The van der Waals surface area contributed by atoms with Gasteiger partial charge in [-0.05, 0) is 42.5 Å². The molecule has 0 amide bonds. The average molecular weight is 450 g/mol. The minimum Gasteiger partial charge on any atom is -0.386 e. The number of nitrogens with one attached hydrogen (secondary N) is 2. The molecule has 6 rings (SSSR count). The predicted molar refractivity (Wildman–Crippen MR) is 127 cm³/mol. The van der Waals surface area contributed by atoms with Gasteiger partial charge >= 0.3 is 0 Å². The van der Waals surface area contributed by atoms with E-state index in [-0.39, 0.29) is 11.9 Å². The zero-order valence-corrected chi connectivity index (χ0v) is 18.5. The van der Waals surface area contributed by atoms with E-state index in [1.807, 2.05) is 18.3 Å². The third-order valence-corrected chi connectivity index (χ3v) is 7.63. The third kappa shape index (κ3) is 3.18. The number of aromatic amines is 1. The molecule has 0 spiro atoms. The molecule has 4 N–H and O–H groups in total. The topological polar surface area (TPSA) is 95.8 Å². The molecule has 2 fully saturated rings. The Hall–Kier alpha value is -2.91. The lowest BCUT2D eigenvalue weighted by Crippen LogP contribution is -2.41. The summed E-state index contributed by atoms with van der Waals surface area (Å²) in [4.78, 5) is 19.8. The summed E-state index contributed by atoms with van der Waals surface area (Å²) in [5, 5.41) is 5.47. The number of piperidine rings is 1. The molecule has 2 aliphatic rings. The molecule has 1 aromatic carbocycles. The van der Waals surface area contributed by atoms with Crippen LogP contribution in [0.1, 0.15) is 18.4 Å². The van der Waals surface area contributed by atoms with E-state index in [1.54, 1.807) is 31.1 Å². The molecule has 3 unspecified atom stereocenters. The first-order valence-electron chi connectivity index (χ1n) is 10.9. The van der Waals surface area contributed by atoms with Crippen molar-refractivity contribution in [2.24, 2.45) is 11.7 Å². The second kappa shape index (κ2) is 7.60. The van der Waals surface area contributed by atoms with E-state index in [0.717, 1.165) is 58.5 Å². The average Bonchev–Trinajstić information content (AvgIpc) is 3.49. The molecule has 4 aromatic rings. The van der Waals surface area contributed by atoms with Crippen molar-refractivity contribution in [1.82, 2.24) is 19.9 Å². The zero-order chi connectivity index (χ0) is 21.8. The van der Waals surface area contributed by atoms with E-state index >= 15 is 0 Å². The quantitative estimate of drug-likeness (QED) is 0.314. The number of thioether (sulfide) groups is 1. The minimum atomic E-state index is -0.284. The van der Waals surface area contributed by atoms with Crippen LogP contribution in [0.3, 0.4) is 0 Å². The van der Waals surface area contributed by atoms with Gasteiger partial charge in [-0.25, -0.2) is 14.4 Å². The van der Waals surface area contributed by atoms with Crippen molar-refractivity contribution in [3.05, 3.63) is 48.0 Å². The van der Waals surface area contributed by atoms with E-state index < -0.39 is 0 Å². The van der Waals surface area contributed by atoms with Gasteiger partial charge in [0.15, 0.2) is 5.16 Å². The zero-order valence-electron chi connectivity index (χ0n) is 17.7. The summed E-state index contributed by atoms with van der Waals surface area (Å²) in [5.74, 6) is 1.80. The molecule has 2 bridgehead atoms. The van der Waals surface area contributed by atoms with Crippen LogP contribution >= 0.6 is 11.8 Å². The first-order valence-corrected chi connectivity index (χ1v) is 11.8. The SMILES string of the molecule is CNc1cc(F)cc2c1[nH]c1nc(SCc3cccnc3)nc(N3CC4CC3CC4N)c12. The van der Waals surface area contributed by atoms with E-state index in [2.05, 4.69) is 20.2 Å². The van der Waals surface area contributed by atoms with Crippen LogP contribution in [-0.4, -0.2) is 45.6 Å². The van der Waals surface area contributed by atoms with Gasteiger partial charge in [0.2, 0.25) is 0 Å². The Morgan fingerprint density at radius 3 is 2.94 bits per heavy atom. The Labute approximate surface area is 189 Å². The molecule has 4 heterocycles. The lowest BCUT2D eigenvalue weighted by Gasteiger charge is -2.31. The summed E-state index contributed by atoms with van der Waals surface area (Å²) in [6.07, 6.45) is 5.68. The van der Waals surface area contributed by atoms with Crippen LogP contribution in [0, 0.1) is 11.7 Å². The fourth-order valence-electron chi connectivity index (χ4n) is 5.18. The van der Waals surface area contributed by atoms with Gasteiger partial charge in [-0.3, -0.25) is 4.98 Å². The van der Waals surface area contributed by atoms with Crippen LogP contribution in [0.2, 0.25) is 0 Å². The summed E-state index contributed by atoms with van der Waals surface area (Å²) in [6.45, 7) is 0.880. The number of anilines is 2. The number of halogens is 1. The molecule has 1 aliphatic heterocycles. The summed E-state index contributed by atoms with van der Waals surface area (Å²) >= 11 is 1.58. The molecule has 1 saturated heterocycles. The molecule has 0 radical (unpaired) electrons. The lowest BCUT2D eigenvalue weighted by atomic mass is 10.0. The van der Waals surface area contributed by atoms with Crippen LogP contribution in [0.5, 0.6) is 0 Å². The highest BCUT2D eigenvalue weighted by atomic mass is 32.2. The number of nitrogens with zero attached hydrogens (tertiary/aromatic N) is 4. The van der Waals surface area contributed by atoms with Crippen molar-refractivity contribution in [1.29, 1.82) is 0 Å². The Morgan fingerprint density at radius 1 is 1.31 bits per heavy atom. The van der Waals surface area contributed by atoms with E-state index in [0.29, 0.717) is 22.8 Å². The lowest BCUT2D eigenvalue weighted by molar-refractivity contribution is 0.471. The molecule has 3 aromatic heterocycles. The molecule has 164 valence electrons. The maximum atomic E-state index is 14.5. The standard InChI is InChI=1S/C23H24FN7S/c1-26-18-7-14(24)6-16-19-21(28-20(16)18)29-23(32-11-12-3-2-4-27-9-12)30-22(19)31-10-13-5-15(31)8-17(13)25/h2-4,6-7,9,13,15,17,26H,5,8,10-11,25H2,1H3,(H,28,29,30). The van der Waals surface area contributed by atoms with E-state index in [1.165, 1.54) is 6.07 Å². The molecule has 1 saturated carbocycles. The molecular weight excluding hydrogens is 425 g/mol. The van der Waals surface area contributed by atoms with Gasteiger partial charge in [0, 0.05) is 49.2 Å². The van der Waals surface area contributed by atoms with Crippen molar-refractivity contribution >= 4 is 45.2 Å². The second-order valence-electron chi connectivity index (χ2n) is 8.66. The number of hydrogen-bond acceptors (Lipinski definition) is 7. The van der Waals surface area contributed by atoms with Crippen molar-refractivity contribution in [3.8, 4) is 0 Å². The first-order chi connectivity index (χ1) is 15.6. The van der Waals surface area contributed by atoms with Gasteiger partial charge in [-0.2, -0.15) is 0 Å². The largest absolute Gasteiger partial charge is 0.386 e. The number of hydrogen-bond donors (Lipinski definition) is 3. The molecule has 9 heteroatoms. The maximum absolute atomic E-state index is 14.5. The molecule has 1 aliphatic carbocycles. The highest BCUT2D eigenvalue weighted by Gasteiger charge is 2.44. The van der Waals surface area contributed by atoms with Crippen molar-refractivity contribution in [2.45, 2.75) is 35.8 Å². The summed E-state index contributed by atoms with van der Waals surface area (Å²) in [6, 6.07) is 7.67. The summed E-state index contributed by atoms with van der Waals surface area (Å²) in [7, 11) is 1.79. The molecule has 32 heavy (non-hydrogen) atoms. The van der Waals surface area contributed by atoms with Gasteiger partial charge in [0.25, 0.3) is 0 Å². The van der Waals surface area contributed by atoms with Crippen LogP contribution in [-0.2, 0) is 5.75 Å². The smallest absolute Gasteiger partial charge is 0.191 e. The molecule has 3 atom stereocenters. The fraction of sp³-hybridized carbons (Fsp3) is 0.348. The highest BCUT2D eigenvalue weighted by molar-refractivity contribution is 7.98. The number of H-pyrrole nitrogens is 1. The Morgan fingerprint density at radius 2 is 2.22 bits per heavy atom. The number of pyridine rings is 1. The molecular formula is C23H24FN7S. The fourth-order valence-corrected chi connectivity index (χ4v) is 5.95. The normalized spacial score (nSPS) is 22.3. The van der Waals surface area contributed by atoms with Gasteiger partial charge in [0.05, 0.1) is 16.6 Å². The number of fused-ring (bicyclic) bond motifs is 5. The van der Waals surface area contributed by atoms with E-state index in [9.17, 15) is 4.39 Å². The Balaban J connectivity index is 1.50. The third-order valence-electron chi connectivity index (χ3n) is 6.71. The van der Waals surface area contributed by atoms with Gasteiger partial charge in [0.1, 0.15) is 17.3 Å². The minimum absolute atomic E-state index is 0.254. The van der Waals surface area contributed by atoms with Crippen molar-refractivity contribution in [2.75, 3.05) is 23.8 Å². The summed E-state index contributed by atoms with van der Waals surface area (Å²) < 4.78 is 14.5. The number of benzene rings is 1. The highest BCUT2D eigenvalue weighted by Crippen LogP contribution is 2.44. The van der Waals surface area contributed by atoms with Crippen LogP contribution < -0.4 is 16.0 Å². The Kier molecular flexibility index (Phi) is 4.69. The monoisotopic (exact) mass is 449 g/mol. The van der Waals surface area contributed by atoms with E-state index in [4.69, 9.17) is 15.7 Å². The summed E-state index contributed by atoms with van der Waals surface area (Å²) in [5.41, 5.74) is 9.70. The Bertz CT molecular complexity index is 1310. The number of nitrogens with two attached hydrogens (primary N) is 1. The maximum Gasteiger partial charge on any atom is 0.191 e. The van der Waals surface area contributed by atoms with Gasteiger partial charge in [-0.1, -0.05) is 17.8 Å². The number of aromatic nitrogens is 4. The first kappa shape index (κ1) is 19.8. The van der Waals surface area contributed by atoms with Crippen molar-refractivity contribution in [3.63, 3.8) is 0 Å². The van der Waals surface area contributed by atoms with Gasteiger partial charge < -0.3 is 20.9 Å². The van der Waals surface area contributed by atoms with Crippen LogP contribution in [0.4, 0.5) is 15.9 Å². The number of rotatable bonds is 5.